The average Bonchev–Trinajstić information content (AvgIpc) is 3.56. The highest BCUT2D eigenvalue weighted by molar-refractivity contribution is 5.93. The number of benzene rings is 4. The normalized spacial score (nSPS) is 11.2. The Morgan fingerprint density at radius 2 is 1.47 bits per heavy atom. The summed E-state index contributed by atoms with van der Waals surface area (Å²) in [6, 6.07) is 24.3. The molecule has 10 nitrogen and oxygen atoms in total. The number of Topliss-reactive ketones (excluding diaryl/α,β-unsaturated/α-hetero) is 1. The lowest BCUT2D eigenvalue weighted by atomic mass is 10.00. The first-order chi connectivity index (χ1) is 24.3. The third kappa shape index (κ3) is 9.47. The number of ether oxygens (including phenoxy) is 2. The van der Waals surface area contributed by atoms with E-state index in [1.54, 1.807) is 24.3 Å². The largest absolute Gasteiger partial charge is 0.497 e. The van der Waals surface area contributed by atoms with Crippen molar-refractivity contribution in [2.75, 3.05) is 13.7 Å². The molecular weight excluding hydrogens is 669 g/mol. The highest BCUT2D eigenvalue weighted by Gasteiger charge is 2.34. The number of carbonyl (C=O) groups is 4. The van der Waals surface area contributed by atoms with Gasteiger partial charge in [0.1, 0.15) is 23.8 Å². The molecule has 0 aliphatic heterocycles. The number of halogens is 3. The van der Waals surface area contributed by atoms with Crippen LogP contribution in [0.5, 0.6) is 11.5 Å². The van der Waals surface area contributed by atoms with E-state index in [-0.39, 0.29) is 35.3 Å². The van der Waals surface area contributed by atoms with E-state index in [1.165, 1.54) is 25.3 Å². The number of esters is 1. The molecule has 0 atom stereocenters. The summed E-state index contributed by atoms with van der Waals surface area (Å²) >= 11 is 0. The number of oxazole rings is 1. The van der Waals surface area contributed by atoms with Crippen LogP contribution >= 0.6 is 0 Å². The fourth-order valence-corrected chi connectivity index (χ4v) is 5.15. The average molecular weight is 701 g/mol. The molecule has 51 heavy (non-hydrogen) atoms. The summed E-state index contributed by atoms with van der Waals surface area (Å²) in [6.07, 6.45) is -4.79. The third-order valence-corrected chi connectivity index (χ3v) is 7.75. The molecule has 0 radical (unpaired) electrons. The Kier molecular flexibility index (Phi) is 11.0. The van der Waals surface area contributed by atoms with Gasteiger partial charge in [0, 0.05) is 13.0 Å². The number of rotatable bonds is 13. The van der Waals surface area contributed by atoms with E-state index in [9.17, 15) is 37.5 Å². The van der Waals surface area contributed by atoms with Gasteiger partial charge in [-0.1, -0.05) is 60.2 Å². The Bertz CT molecular complexity index is 2040. The fraction of sp³-hybridized carbons (Fsp3) is 0.184. The van der Waals surface area contributed by atoms with Crippen molar-refractivity contribution in [2.24, 2.45) is 0 Å². The van der Waals surface area contributed by atoms with E-state index in [0.29, 0.717) is 11.1 Å². The van der Waals surface area contributed by atoms with Gasteiger partial charge in [0.05, 0.1) is 30.9 Å². The zero-order valence-electron chi connectivity index (χ0n) is 27.4. The first-order valence-electron chi connectivity index (χ1n) is 15.5. The summed E-state index contributed by atoms with van der Waals surface area (Å²) in [5.74, 6) is -3.77. The lowest BCUT2D eigenvalue weighted by Crippen LogP contribution is -2.35. The first-order valence-corrected chi connectivity index (χ1v) is 15.5. The maximum Gasteiger partial charge on any atom is 0.416 e. The van der Waals surface area contributed by atoms with Crippen LogP contribution in [0.15, 0.2) is 102 Å². The highest BCUT2D eigenvalue weighted by atomic mass is 19.4. The molecular formula is C38H31F3N2O8. The maximum atomic E-state index is 13.6. The summed E-state index contributed by atoms with van der Waals surface area (Å²) < 4.78 is 56.4. The molecule has 4 aromatic carbocycles. The van der Waals surface area contributed by atoms with Crippen LogP contribution in [0.25, 0.3) is 11.1 Å². The number of carbonyl (C=O) groups excluding carboxylic acids is 3. The molecule has 0 aliphatic rings. The third-order valence-electron chi connectivity index (χ3n) is 7.75. The number of ketones is 1. The number of amides is 1. The Hall–Kier alpha value is -6.24. The Morgan fingerprint density at radius 1 is 0.843 bits per heavy atom. The molecule has 0 saturated carbocycles. The zero-order valence-corrected chi connectivity index (χ0v) is 27.4. The van der Waals surface area contributed by atoms with Crippen LogP contribution in [0.1, 0.15) is 49.1 Å². The number of carboxylic acid groups (broad SMARTS) is 1. The number of aromatic nitrogens is 1. The van der Waals surface area contributed by atoms with Crippen molar-refractivity contribution in [3.63, 3.8) is 0 Å². The lowest BCUT2D eigenvalue weighted by molar-refractivity contribution is -0.139. The van der Waals surface area contributed by atoms with E-state index in [4.69, 9.17) is 13.9 Å². The van der Waals surface area contributed by atoms with Crippen molar-refractivity contribution >= 4 is 23.6 Å². The van der Waals surface area contributed by atoms with Gasteiger partial charge in [0.15, 0.2) is 0 Å². The van der Waals surface area contributed by atoms with E-state index >= 15 is 0 Å². The van der Waals surface area contributed by atoms with Gasteiger partial charge in [-0.3, -0.25) is 14.4 Å². The molecule has 13 heteroatoms. The number of alkyl halides is 3. The molecule has 0 unspecified atom stereocenters. The van der Waals surface area contributed by atoms with Crippen LogP contribution in [-0.2, 0) is 35.2 Å². The summed E-state index contributed by atoms with van der Waals surface area (Å²) in [4.78, 5) is 55.1. The molecule has 0 bridgehead atoms. The molecule has 262 valence electrons. The molecule has 0 aliphatic carbocycles. The van der Waals surface area contributed by atoms with Gasteiger partial charge in [-0.2, -0.15) is 13.2 Å². The summed E-state index contributed by atoms with van der Waals surface area (Å²) in [7, 11) is 1.23. The minimum atomic E-state index is -4.72. The molecule has 5 aromatic rings. The van der Waals surface area contributed by atoms with Gasteiger partial charge in [-0.25, -0.2) is 9.78 Å². The fourth-order valence-electron chi connectivity index (χ4n) is 5.15. The summed E-state index contributed by atoms with van der Waals surface area (Å²) in [5, 5.41) is 9.45. The predicted molar refractivity (Wildman–Crippen MR) is 177 cm³/mol. The van der Waals surface area contributed by atoms with E-state index < -0.39 is 54.8 Å². The molecule has 1 N–H and O–H groups in total. The second-order valence-electron chi connectivity index (χ2n) is 11.6. The van der Waals surface area contributed by atoms with Crippen LogP contribution in [0.2, 0.25) is 0 Å². The summed E-state index contributed by atoms with van der Waals surface area (Å²) in [6.45, 7) is 1.12. The maximum absolute atomic E-state index is 13.6. The van der Waals surface area contributed by atoms with Gasteiger partial charge in [-0.15, -0.1) is 0 Å². The number of aliphatic carboxylic acids is 1. The van der Waals surface area contributed by atoms with Crippen molar-refractivity contribution in [3.05, 3.63) is 137 Å². The predicted octanol–water partition coefficient (Wildman–Crippen LogP) is 6.98. The van der Waals surface area contributed by atoms with Gasteiger partial charge in [0.25, 0.3) is 5.91 Å². The van der Waals surface area contributed by atoms with E-state index in [2.05, 4.69) is 4.98 Å². The van der Waals surface area contributed by atoms with Crippen LogP contribution in [0.3, 0.4) is 0 Å². The van der Waals surface area contributed by atoms with Crippen LogP contribution in [-0.4, -0.2) is 52.3 Å². The van der Waals surface area contributed by atoms with Gasteiger partial charge in [-0.05, 0) is 65.6 Å². The lowest BCUT2D eigenvalue weighted by Gasteiger charge is -2.19. The Morgan fingerprint density at radius 3 is 2.08 bits per heavy atom. The van der Waals surface area contributed by atoms with E-state index in [1.807, 2.05) is 43.3 Å². The molecule has 0 spiro atoms. The Labute approximate surface area is 290 Å². The quantitative estimate of drug-likeness (QED) is 0.102. The second kappa shape index (κ2) is 15.5. The number of hydrogen-bond donors (Lipinski definition) is 1. The van der Waals surface area contributed by atoms with Crippen LogP contribution in [0, 0.1) is 6.92 Å². The zero-order chi connectivity index (χ0) is 36.7. The molecule has 1 amide bonds. The summed E-state index contributed by atoms with van der Waals surface area (Å²) in [5.41, 5.74) is 2.65. The SMILES string of the molecule is COc1ccc(CC(=O)Cc2ncc(C(=O)N(CC(=O)O)Cc3ccc(OC(=O)c4ccc(-c5ccc(C)cc5)cc4)cc3)o2)c(C(F)(F)F)c1. The molecule has 1 aromatic heterocycles. The number of aryl methyl sites for hydroxylation is 1. The van der Waals surface area contributed by atoms with Gasteiger partial charge >= 0.3 is 18.1 Å². The van der Waals surface area contributed by atoms with Crippen molar-refractivity contribution in [3.8, 4) is 22.6 Å². The first kappa shape index (κ1) is 36.1. The van der Waals surface area contributed by atoms with Crippen molar-refractivity contribution in [1.82, 2.24) is 9.88 Å². The van der Waals surface area contributed by atoms with Crippen molar-refractivity contribution in [2.45, 2.75) is 32.5 Å². The van der Waals surface area contributed by atoms with Crippen molar-refractivity contribution in [1.29, 1.82) is 0 Å². The van der Waals surface area contributed by atoms with Crippen LogP contribution in [0.4, 0.5) is 13.2 Å². The van der Waals surface area contributed by atoms with E-state index in [0.717, 1.165) is 39.9 Å². The minimum Gasteiger partial charge on any atom is -0.497 e. The van der Waals surface area contributed by atoms with Gasteiger partial charge < -0.3 is 23.9 Å². The standard InChI is InChI=1S/C38H31F3N2O8/c1-23-3-7-25(8-4-23)26-9-11-27(12-10-26)37(48)50-30-14-5-24(6-15-30)21-43(22-35(45)46)36(47)33-20-42-34(51-33)18-29(44)17-28-13-16-31(49-2)19-32(28)38(39,40)41/h3-16,19-20H,17-18,21-22H2,1-2H3,(H,45,46). The highest BCUT2D eigenvalue weighted by Crippen LogP contribution is 2.35. The number of methoxy groups -OCH3 is 1. The topological polar surface area (TPSA) is 136 Å². The molecule has 0 fully saturated rings. The monoisotopic (exact) mass is 700 g/mol. The number of carboxylic acids is 1. The van der Waals surface area contributed by atoms with Gasteiger partial charge in [0.2, 0.25) is 11.7 Å². The smallest absolute Gasteiger partial charge is 0.416 e. The van der Waals surface area contributed by atoms with Crippen molar-refractivity contribution < 1.29 is 51.3 Å². The molecule has 1 heterocycles. The number of nitrogens with zero attached hydrogens (tertiary/aromatic N) is 2. The molecule has 5 rings (SSSR count). The molecule has 0 saturated heterocycles. The Balaban J connectivity index is 1.20. The second-order valence-corrected chi connectivity index (χ2v) is 11.6. The van der Waals surface area contributed by atoms with Crippen LogP contribution < -0.4 is 9.47 Å². The minimum absolute atomic E-state index is 0.0178. The number of hydrogen-bond acceptors (Lipinski definition) is 8.